The summed E-state index contributed by atoms with van der Waals surface area (Å²) < 4.78 is 0. The van der Waals surface area contributed by atoms with Crippen LogP contribution in [-0.4, -0.2) is 50.1 Å². The first-order valence-corrected chi connectivity index (χ1v) is 8.79. The summed E-state index contributed by atoms with van der Waals surface area (Å²) in [6.07, 6.45) is 5.41. The highest BCUT2D eigenvalue weighted by molar-refractivity contribution is 5.95. The average Bonchev–Trinajstić information content (AvgIpc) is 2.61. The summed E-state index contributed by atoms with van der Waals surface area (Å²) in [5, 5.41) is 4.81. The van der Waals surface area contributed by atoms with E-state index in [2.05, 4.69) is 46.4 Å². The van der Waals surface area contributed by atoms with Gasteiger partial charge in [0.2, 0.25) is 5.91 Å². The van der Waals surface area contributed by atoms with Crippen molar-refractivity contribution in [3.8, 4) is 0 Å². The molecule has 1 aliphatic rings. The van der Waals surface area contributed by atoms with Crippen LogP contribution >= 0.6 is 0 Å². The van der Waals surface area contributed by atoms with Crippen molar-refractivity contribution < 1.29 is 9.59 Å². The number of likely N-dealkylation sites (N-methyl/N-ethyl adjacent to an activating group) is 1. The van der Waals surface area contributed by atoms with Crippen molar-refractivity contribution >= 4 is 17.6 Å². The van der Waals surface area contributed by atoms with Gasteiger partial charge in [0.15, 0.2) is 0 Å². The third-order valence-electron chi connectivity index (χ3n) is 4.18. The van der Waals surface area contributed by atoms with Crippen molar-refractivity contribution in [3.05, 3.63) is 42.5 Å². The molecular formula is C19H28N4O2. The molecule has 0 radical (unpaired) electrons. The molecule has 1 aromatic carbocycles. The number of benzene rings is 1. The maximum Gasteiger partial charge on any atom is 0.321 e. The van der Waals surface area contributed by atoms with Crippen LogP contribution in [0.4, 0.5) is 10.5 Å². The van der Waals surface area contributed by atoms with Crippen molar-refractivity contribution in [2.45, 2.75) is 25.8 Å². The van der Waals surface area contributed by atoms with Gasteiger partial charge in [0, 0.05) is 31.9 Å². The van der Waals surface area contributed by atoms with Crippen LogP contribution in [0, 0.1) is 0 Å². The molecule has 0 aromatic heterocycles. The minimum atomic E-state index is -0.496. The van der Waals surface area contributed by atoms with E-state index in [1.807, 2.05) is 11.9 Å². The molecule has 3 amide bonds. The van der Waals surface area contributed by atoms with Gasteiger partial charge in [-0.15, -0.1) is 6.58 Å². The molecule has 0 atom stereocenters. The van der Waals surface area contributed by atoms with Crippen LogP contribution in [0.1, 0.15) is 24.8 Å². The number of nitrogens with zero attached hydrogens (tertiary/aromatic N) is 2. The van der Waals surface area contributed by atoms with E-state index >= 15 is 0 Å². The Kier molecular flexibility index (Phi) is 7.47. The topological polar surface area (TPSA) is 64.7 Å². The molecule has 6 heteroatoms. The standard InChI is InChI=1S/C19H28N4O2/c1-3-11-20-19(25)21-18(24)15-22(2)14-16-7-9-17(10-8-16)23-12-5-4-6-13-23/h3,7-10H,1,4-6,11-15H2,2H3,(H2,20,21,24,25). The molecule has 0 saturated carbocycles. The molecule has 136 valence electrons. The number of hydrogen-bond acceptors (Lipinski definition) is 4. The summed E-state index contributed by atoms with van der Waals surface area (Å²) in [7, 11) is 1.86. The van der Waals surface area contributed by atoms with Gasteiger partial charge in [0.25, 0.3) is 0 Å². The summed E-state index contributed by atoms with van der Waals surface area (Å²) in [5.74, 6) is -0.325. The lowest BCUT2D eigenvalue weighted by Crippen LogP contribution is -2.43. The minimum Gasteiger partial charge on any atom is -0.372 e. The van der Waals surface area contributed by atoms with Crippen LogP contribution < -0.4 is 15.5 Å². The summed E-state index contributed by atoms with van der Waals surface area (Å²) in [6, 6.07) is 8.02. The molecule has 1 saturated heterocycles. The smallest absolute Gasteiger partial charge is 0.321 e. The Morgan fingerprint density at radius 3 is 2.52 bits per heavy atom. The van der Waals surface area contributed by atoms with E-state index in [1.54, 1.807) is 6.08 Å². The highest BCUT2D eigenvalue weighted by Crippen LogP contribution is 2.20. The molecule has 1 aliphatic heterocycles. The predicted molar refractivity (Wildman–Crippen MR) is 101 cm³/mol. The van der Waals surface area contributed by atoms with Crippen molar-refractivity contribution in [1.82, 2.24) is 15.5 Å². The molecule has 6 nitrogen and oxygen atoms in total. The zero-order valence-electron chi connectivity index (χ0n) is 15.0. The van der Waals surface area contributed by atoms with Gasteiger partial charge in [-0.1, -0.05) is 18.2 Å². The van der Waals surface area contributed by atoms with Crippen molar-refractivity contribution in [2.75, 3.05) is 38.1 Å². The fourth-order valence-corrected chi connectivity index (χ4v) is 2.95. The molecule has 1 heterocycles. The third-order valence-corrected chi connectivity index (χ3v) is 4.18. The Hall–Kier alpha value is -2.34. The number of piperidine rings is 1. The Morgan fingerprint density at radius 1 is 1.20 bits per heavy atom. The molecule has 25 heavy (non-hydrogen) atoms. The molecule has 2 N–H and O–H groups in total. The Bertz CT molecular complexity index is 580. The van der Waals surface area contributed by atoms with Gasteiger partial charge in [-0.2, -0.15) is 0 Å². The van der Waals surface area contributed by atoms with Gasteiger partial charge < -0.3 is 10.2 Å². The predicted octanol–water partition coefficient (Wildman–Crippen LogP) is 2.12. The SMILES string of the molecule is C=CCNC(=O)NC(=O)CN(C)Cc1ccc(N2CCCCC2)cc1. The number of hydrogen-bond donors (Lipinski definition) is 2. The Balaban J connectivity index is 1.77. The number of imide groups is 1. The zero-order chi connectivity index (χ0) is 18.1. The van der Waals surface area contributed by atoms with Crippen molar-refractivity contribution in [1.29, 1.82) is 0 Å². The third kappa shape index (κ3) is 6.58. The van der Waals surface area contributed by atoms with E-state index in [9.17, 15) is 9.59 Å². The van der Waals surface area contributed by atoms with Gasteiger partial charge in [0.05, 0.1) is 6.54 Å². The normalized spacial score (nSPS) is 14.2. The largest absolute Gasteiger partial charge is 0.372 e. The number of urea groups is 1. The maximum atomic E-state index is 11.8. The number of anilines is 1. The number of rotatable bonds is 7. The highest BCUT2D eigenvalue weighted by Gasteiger charge is 2.12. The number of carbonyl (C=O) groups is 2. The Morgan fingerprint density at radius 2 is 1.88 bits per heavy atom. The maximum absolute atomic E-state index is 11.8. The second-order valence-electron chi connectivity index (χ2n) is 6.43. The van der Waals surface area contributed by atoms with Gasteiger partial charge in [-0.3, -0.25) is 15.0 Å². The fraction of sp³-hybridized carbons (Fsp3) is 0.474. The van der Waals surface area contributed by atoms with Crippen LogP contribution in [0.15, 0.2) is 36.9 Å². The monoisotopic (exact) mass is 344 g/mol. The molecule has 0 aliphatic carbocycles. The van der Waals surface area contributed by atoms with E-state index in [0.29, 0.717) is 13.1 Å². The summed E-state index contributed by atoms with van der Waals surface area (Å²) >= 11 is 0. The van der Waals surface area contributed by atoms with E-state index in [1.165, 1.54) is 24.9 Å². The molecule has 0 unspecified atom stereocenters. The summed E-state index contributed by atoms with van der Waals surface area (Å²) in [4.78, 5) is 27.6. The van der Waals surface area contributed by atoms with Crippen molar-refractivity contribution in [3.63, 3.8) is 0 Å². The molecule has 1 aromatic rings. The first kappa shape index (κ1) is 19.0. The lowest BCUT2D eigenvalue weighted by atomic mass is 10.1. The minimum absolute atomic E-state index is 0.162. The second-order valence-corrected chi connectivity index (χ2v) is 6.43. The fourth-order valence-electron chi connectivity index (χ4n) is 2.95. The molecule has 1 fully saturated rings. The Labute approximate surface area is 149 Å². The van der Waals surface area contributed by atoms with E-state index in [-0.39, 0.29) is 12.5 Å². The average molecular weight is 344 g/mol. The lowest BCUT2D eigenvalue weighted by molar-refractivity contribution is -0.120. The summed E-state index contributed by atoms with van der Waals surface area (Å²) in [6.45, 7) is 6.92. The zero-order valence-corrected chi connectivity index (χ0v) is 15.0. The first-order valence-electron chi connectivity index (χ1n) is 8.79. The molecule has 0 spiro atoms. The highest BCUT2D eigenvalue weighted by atomic mass is 16.2. The lowest BCUT2D eigenvalue weighted by Gasteiger charge is -2.29. The summed E-state index contributed by atoms with van der Waals surface area (Å²) in [5.41, 5.74) is 2.41. The van der Waals surface area contributed by atoms with E-state index in [4.69, 9.17) is 0 Å². The van der Waals surface area contributed by atoms with Gasteiger partial charge in [-0.05, 0) is 44.0 Å². The second kappa shape index (κ2) is 9.84. The van der Waals surface area contributed by atoms with Crippen LogP contribution in [0.25, 0.3) is 0 Å². The van der Waals surface area contributed by atoms with Crippen LogP contribution in [-0.2, 0) is 11.3 Å². The number of nitrogens with one attached hydrogen (secondary N) is 2. The number of carbonyl (C=O) groups excluding carboxylic acids is 2. The van der Waals surface area contributed by atoms with Gasteiger partial charge in [-0.25, -0.2) is 4.79 Å². The van der Waals surface area contributed by atoms with Crippen molar-refractivity contribution in [2.24, 2.45) is 0 Å². The van der Waals surface area contributed by atoms with Gasteiger partial charge in [0.1, 0.15) is 0 Å². The molecule has 2 rings (SSSR count). The van der Waals surface area contributed by atoms with E-state index < -0.39 is 6.03 Å². The van der Waals surface area contributed by atoms with Gasteiger partial charge >= 0.3 is 6.03 Å². The molecule has 0 bridgehead atoms. The van der Waals surface area contributed by atoms with E-state index in [0.717, 1.165) is 18.7 Å². The van der Waals surface area contributed by atoms with Crippen LogP contribution in [0.2, 0.25) is 0 Å². The number of amides is 3. The quantitative estimate of drug-likeness (QED) is 0.744. The molecular weight excluding hydrogens is 316 g/mol. The van der Waals surface area contributed by atoms with Crippen LogP contribution in [0.3, 0.4) is 0 Å². The first-order chi connectivity index (χ1) is 12.1. The van der Waals surface area contributed by atoms with Crippen LogP contribution in [0.5, 0.6) is 0 Å².